The SMILES string of the molecule is Cc1cc(C(=O)Nc2ccccc2C#N)cc(S(N)(=O)=O)c1. The van der Waals surface area contributed by atoms with Crippen LogP contribution in [-0.4, -0.2) is 14.3 Å². The maximum absolute atomic E-state index is 12.3. The third-order valence-corrected chi connectivity index (χ3v) is 3.83. The fourth-order valence-corrected chi connectivity index (χ4v) is 2.57. The summed E-state index contributed by atoms with van der Waals surface area (Å²) in [5.41, 5.74) is 1.41. The normalized spacial score (nSPS) is 10.8. The van der Waals surface area contributed by atoms with Crippen molar-refractivity contribution in [3.05, 3.63) is 59.2 Å². The molecule has 0 saturated heterocycles. The molecule has 0 saturated carbocycles. The number of nitrogens with one attached hydrogen (secondary N) is 1. The lowest BCUT2D eigenvalue weighted by molar-refractivity contribution is 0.102. The van der Waals surface area contributed by atoms with Crippen LogP contribution in [0.1, 0.15) is 21.5 Å². The molecule has 0 aliphatic heterocycles. The molecule has 0 aromatic heterocycles. The highest BCUT2D eigenvalue weighted by atomic mass is 32.2. The Kier molecular flexibility index (Phi) is 4.26. The lowest BCUT2D eigenvalue weighted by atomic mass is 10.1. The third kappa shape index (κ3) is 3.49. The van der Waals surface area contributed by atoms with Gasteiger partial charge in [0.25, 0.3) is 5.91 Å². The van der Waals surface area contributed by atoms with Gasteiger partial charge in [0.15, 0.2) is 0 Å². The van der Waals surface area contributed by atoms with Crippen molar-refractivity contribution >= 4 is 21.6 Å². The van der Waals surface area contributed by atoms with Gasteiger partial charge in [-0.05, 0) is 42.8 Å². The van der Waals surface area contributed by atoms with Crippen molar-refractivity contribution in [1.29, 1.82) is 5.26 Å². The molecule has 3 N–H and O–H groups in total. The van der Waals surface area contributed by atoms with Crippen LogP contribution < -0.4 is 10.5 Å². The van der Waals surface area contributed by atoms with Crippen LogP contribution in [0.15, 0.2) is 47.4 Å². The maximum atomic E-state index is 12.3. The van der Waals surface area contributed by atoms with Crippen LogP contribution >= 0.6 is 0 Å². The highest BCUT2D eigenvalue weighted by molar-refractivity contribution is 7.89. The van der Waals surface area contributed by atoms with Gasteiger partial charge in [0, 0.05) is 5.56 Å². The number of primary sulfonamides is 1. The first-order chi connectivity index (χ1) is 10.3. The van der Waals surface area contributed by atoms with Crippen molar-refractivity contribution in [2.24, 2.45) is 5.14 Å². The minimum atomic E-state index is -3.90. The number of amides is 1. The van der Waals surface area contributed by atoms with E-state index in [9.17, 15) is 13.2 Å². The van der Waals surface area contributed by atoms with E-state index in [0.29, 0.717) is 16.8 Å². The van der Waals surface area contributed by atoms with E-state index in [-0.39, 0.29) is 10.5 Å². The van der Waals surface area contributed by atoms with Crippen molar-refractivity contribution < 1.29 is 13.2 Å². The number of para-hydroxylation sites is 1. The average Bonchev–Trinajstić information content (AvgIpc) is 2.46. The number of anilines is 1. The molecule has 0 atom stereocenters. The zero-order valence-electron chi connectivity index (χ0n) is 11.7. The summed E-state index contributed by atoms with van der Waals surface area (Å²) < 4.78 is 22.8. The third-order valence-electron chi connectivity index (χ3n) is 2.94. The summed E-state index contributed by atoms with van der Waals surface area (Å²) in [6, 6.07) is 12.6. The Hall–Kier alpha value is -2.69. The topological polar surface area (TPSA) is 113 Å². The minimum absolute atomic E-state index is 0.133. The summed E-state index contributed by atoms with van der Waals surface area (Å²) in [7, 11) is -3.90. The second-order valence-electron chi connectivity index (χ2n) is 4.69. The average molecular weight is 315 g/mol. The molecule has 0 aliphatic carbocycles. The summed E-state index contributed by atoms with van der Waals surface area (Å²) in [6.07, 6.45) is 0. The van der Waals surface area contributed by atoms with Crippen molar-refractivity contribution in [3.63, 3.8) is 0 Å². The van der Waals surface area contributed by atoms with Crippen LogP contribution in [0.2, 0.25) is 0 Å². The summed E-state index contributed by atoms with van der Waals surface area (Å²) in [5, 5.41) is 16.7. The molecule has 1 amide bonds. The van der Waals surface area contributed by atoms with Gasteiger partial charge in [0.2, 0.25) is 10.0 Å². The second kappa shape index (κ2) is 5.97. The molecule has 2 rings (SSSR count). The number of nitriles is 1. The lowest BCUT2D eigenvalue weighted by Gasteiger charge is -2.09. The molecule has 7 heteroatoms. The summed E-state index contributed by atoms with van der Waals surface area (Å²) in [4.78, 5) is 12.1. The van der Waals surface area contributed by atoms with Crippen LogP contribution in [-0.2, 0) is 10.0 Å². The van der Waals surface area contributed by atoms with Crippen LogP contribution in [0.25, 0.3) is 0 Å². The highest BCUT2D eigenvalue weighted by Gasteiger charge is 2.14. The van der Waals surface area contributed by atoms with E-state index in [1.54, 1.807) is 37.3 Å². The molecule has 0 aliphatic rings. The van der Waals surface area contributed by atoms with E-state index in [2.05, 4.69) is 5.32 Å². The Morgan fingerprint density at radius 1 is 1.23 bits per heavy atom. The predicted molar refractivity (Wildman–Crippen MR) is 81.7 cm³/mol. The molecule has 112 valence electrons. The zero-order valence-corrected chi connectivity index (χ0v) is 12.5. The van der Waals surface area contributed by atoms with E-state index in [0.717, 1.165) is 0 Å². The number of hydrogen-bond acceptors (Lipinski definition) is 4. The number of sulfonamides is 1. The molecule has 0 radical (unpaired) electrons. The predicted octanol–water partition coefficient (Wildman–Crippen LogP) is 1.77. The van der Waals surface area contributed by atoms with Gasteiger partial charge in [-0.1, -0.05) is 12.1 Å². The van der Waals surface area contributed by atoms with Crippen molar-refractivity contribution in [2.75, 3.05) is 5.32 Å². The molecular formula is C15H13N3O3S. The van der Waals surface area contributed by atoms with Crippen LogP contribution in [0.4, 0.5) is 5.69 Å². The minimum Gasteiger partial charge on any atom is -0.321 e. The number of aryl methyl sites for hydroxylation is 1. The van der Waals surface area contributed by atoms with Gasteiger partial charge >= 0.3 is 0 Å². The number of rotatable bonds is 3. The Morgan fingerprint density at radius 2 is 1.91 bits per heavy atom. The maximum Gasteiger partial charge on any atom is 0.255 e. The Labute approximate surface area is 128 Å². The molecule has 0 heterocycles. The Morgan fingerprint density at radius 3 is 2.55 bits per heavy atom. The van der Waals surface area contributed by atoms with Crippen LogP contribution in [0.3, 0.4) is 0 Å². The number of hydrogen-bond donors (Lipinski definition) is 2. The summed E-state index contributed by atoms with van der Waals surface area (Å²) >= 11 is 0. The summed E-state index contributed by atoms with van der Waals surface area (Å²) in [5.74, 6) is -0.517. The van der Waals surface area contributed by atoms with E-state index in [4.69, 9.17) is 10.4 Å². The molecule has 6 nitrogen and oxygen atoms in total. The van der Waals surface area contributed by atoms with E-state index in [1.165, 1.54) is 12.1 Å². The quantitative estimate of drug-likeness (QED) is 0.898. The molecule has 2 aromatic rings. The number of carbonyl (C=O) groups excluding carboxylic acids is 1. The van der Waals surface area contributed by atoms with Gasteiger partial charge in [0.1, 0.15) is 6.07 Å². The van der Waals surface area contributed by atoms with Crippen LogP contribution in [0.5, 0.6) is 0 Å². The van der Waals surface area contributed by atoms with Gasteiger partial charge in [-0.2, -0.15) is 5.26 Å². The van der Waals surface area contributed by atoms with Crippen LogP contribution in [0, 0.1) is 18.3 Å². The van der Waals surface area contributed by atoms with Gasteiger partial charge in [-0.15, -0.1) is 0 Å². The zero-order chi connectivity index (χ0) is 16.3. The van der Waals surface area contributed by atoms with Gasteiger partial charge in [-0.3, -0.25) is 4.79 Å². The Bertz CT molecular complexity index is 883. The highest BCUT2D eigenvalue weighted by Crippen LogP contribution is 2.18. The number of benzene rings is 2. The standard InChI is InChI=1S/C15H13N3O3S/c1-10-6-12(8-13(7-10)22(17,20)21)15(19)18-14-5-3-2-4-11(14)9-16/h2-8H,1H3,(H,18,19)(H2,17,20,21). The summed E-state index contributed by atoms with van der Waals surface area (Å²) in [6.45, 7) is 1.66. The van der Waals surface area contributed by atoms with E-state index >= 15 is 0 Å². The molecule has 0 spiro atoms. The molecule has 0 fully saturated rings. The van der Waals surface area contributed by atoms with Crippen molar-refractivity contribution in [2.45, 2.75) is 11.8 Å². The van der Waals surface area contributed by atoms with Gasteiger partial charge in [-0.25, -0.2) is 13.6 Å². The van der Waals surface area contributed by atoms with Crippen molar-refractivity contribution in [3.8, 4) is 6.07 Å². The number of nitrogens with zero attached hydrogens (tertiary/aromatic N) is 1. The monoisotopic (exact) mass is 315 g/mol. The van der Waals surface area contributed by atoms with Gasteiger partial charge in [0.05, 0.1) is 16.1 Å². The first kappa shape index (κ1) is 15.7. The van der Waals surface area contributed by atoms with Gasteiger partial charge < -0.3 is 5.32 Å². The number of carbonyl (C=O) groups is 1. The first-order valence-electron chi connectivity index (χ1n) is 6.26. The molecule has 22 heavy (non-hydrogen) atoms. The first-order valence-corrected chi connectivity index (χ1v) is 7.81. The van der Waals surface area contributed by atoms with E-state index in [1.807, 2.05) is 6.07 Å². The largest absolute Gasteiger partial charge is 0.321 e. The fourth-order valence-electron chi connectivity index (χ4n) is 1.93. The molecule has 0 unspecified atom stereocenters. The lowest BCUT2D eigenvalue weighted by Crippen LogP contribution is -2.16. The number of nitrogens with two attached hydrogens (primary N) is 1. The van der Waals surface area contributed by atoms with E-state index < -0.39 is 15.9 Å². The molecule has 2 aromatic carbocycles. The molecular weight excluding hydrogens is 302 g/mol. The second-order valence-corrected chi connectivity index (χ2v) is 6.25. The van der Waals surface area contributed by atoms with Crippen molar-refractivity contribution in [1.82, 2.24) is 0 Å². The Balaban J connectivity index is 2.39. The fraction of sp³-hybridized carbons (Fsp3) is 0.0667. The smallest absolute Gasteiger partial charge is 0.255 e. The molecule has 0 bridgehead atoms.